The van der Waals surface area contributed by atoms with Crippen LogP contribution >= 0.6 is 0 Å². The Bertz CT molecular complexity index is 1210. The van der Waals surface area contributed by atoms with Gasteiger partial charge in [0.1, 0.15) is 11.9 Å². The number of anilines is 2. The van der Waals surface area contributed by atoms with E-state index in [4.69, 9.17) is 0 Å². The van der Waals surface area contributed by atoms with Crippen molar-refractivity contribution >= 4 is 23.2 Å². The fraction of sp³-hybridized carbons (Fsp3) is 0.333. The number of nitrogens with one attached hydrogen (secondary N) is 1. The molecule has 2 amide bonds. The molecular formula is C30H32FN3O2. The topological polar surface area (TPSA) is 52.7 Å². The minimum atomic E-state index is -0.903. The van der Waals surface area contributed by atoms with Crippen LogP contribution in [0.15, 0.2) is 78.9 Å². The Morgan fingerprint density at radius 1 is 0.944 bits per heavy atom. The molecule has 0 bridgehead atoms. The summed E-state index contributed by atoms with van der Waals surface area (Å²) >= 11 is 0. The predicted octanol–water partition coefficient (Wildman–Crippen LogP) is 5.41. The fourth-order valence-corrected chi connectivity index (χ4v) is 5.45. The largest absolute Gasteiger partial charge is 0.362 e. The van der Waals surface area contributed by atoms with Crippen LogP contribution in [-0.4, -0.2) is 30.9 Å². The van der Waals surface area contributed by atoms with Crippen molar-refractivity contribution in [1.82, 2.24) is 5.32 Å². The molecule has 1 N–H and O–H groups in total. The van der Waals surface area contributed by atoms with Crippen LogP contribution in [0.1, 0.15) is 49.3 Å². The van der Waals surface area contributed by atoms with Crippen molar-refractivity contribution in [3.05, 3.63) is 95.8 Å². The molecule has 2 aliphatic rings. The lowest BCUT2D eigenvalue weighted by atomic mass is 9.94. The third-order valence-corrected chi connectivity index (χ3v) is 7.24. The zero-order valence-corrected chi connectivity index (χ0v) is 20.4. The number of carbonyl (C=O) groups is 2. The van der Waals surface area contributed by atoms with Gasteiger partial charge in [-0.1, -0.05) is 73.9 Å². The highest BCUT2D eigenvalue weighted by Gasteiger charge is 2.35. The molecule has 0 radical (unpaired) electrons. The predicted molar refractivity (Wildman–Crippen MR) is 140 cm³/mol. The van der Waals surface area contributed by atoms with E-state index in [-0.39, 0.29) is 24.4 Å². The van der Waals surface area contributed by atoms with Crippen LogP contribution < -0.4 is 15.1 Å². The average Bonchev–Trinajstić information content (AvgIpc) is 3.30. The SMILES string of the molecule is O=C(NC1CCCCC1)C(c1ccccc1)N(C(=O)CN1CCc2ccccc21)c1cccc(F)c1. The van der Waals surface area contributed by atoms with Crippen LogP contribution in [0.2, 0.25) is 0 Å². The smallest absolute Gasteiger partial charge is 0.248 e. The van der Waals surface area contributed by atoms with E-state index in [1.54, 1.807) is 12.1 Å². The maximum Gasteiger partial charge on any atom is 0.248 e. The number of amides is 2. The summed E-state index contributed by atoms with van der Waals surface area (Å²) in [5.74, 6) is -0.922. The molecular weight excluding hydrogens is 453 g/mol. The number of hydrogen-bond acceptors (Lipinski definition) is 3. The third-order valence-electron chi connectivity index (χ3n) is 7.24. The van der Waals surface area contributed by atoms with Crippen LogP contribution in [0.3, 0.4) is 0 Å². The molecule has 1 heterocycles. The Labute approximate surface area is 211 Å². The molecule has 1 unspecified atom stereocenters. The van der Waals surface area contributed by atoms with Crippen molar-refractivity contribution in [1.29, 1.82) is 0 Å². The van der Waals surface area contributed by atoms with Crippen LogP contribution in [0.4, 0.5) is 15.8 Å². The minimum absolute atomic E-state index is 0.0902. The zero-order valence-electron chi connectivity index (χ0n) is 20.4. The lowest BCUT2D eigenvalue weighted by Gasteiger charge is -2.34. The van der Waals surface area contributed by atoms with Crippen LogP contribution in [-0.2, 0) is 16.0 Å². The van der Waals surface area contributed by atoms with Crippen molar-refractivity contribution in [2.45, 2.75) is 50.6 Å². The molecule has 5 nitrogen and oxygen atoms in total. The lowest BCUT2D eigenvalue weighted by Crippen LogP contribution is -2.49. The average molecular weight is 486 g/mol. The Hall–Kier alpha value is -3.67. The summed E-state index contributed by atoms with van der Waals surface area (Å²) < 4.78 is 14.4. The van der Waals surface area contributed by atoms with Crippen LogP contribution in [0.5, 0.6) is 0 Å². The summed E-state index contributed by atoms with van der Waals surface area (Å²) in [7, 11) is 0. The number of nitrogens with zero attached hydrogens (tertiary/aromatic N) is 2. The quantitative estimate of drug-likeness (QED) is 0.487. The Morgan fingerprint density at radius 2 is 1.69 bits per heavy atom. The highest BCUT2D eigenvalue weighted by atomic mass is 19.1. The van der Waals surface area contributed by atoms with Gasteiger partial charge in [0.2, 0.25) is 11.8 Å². The van der Waals surface area contributed by atoms with Crippen molar-refractivity contribution in [2.75, 3.05) is 22.9 Å². The van der Waals surface area contributed by atoms with E-state index < -0.39 is 11.9 Å². The molecule has 6 heteroatoms. The first kappa shape index (κ1) is 24.0. The van der Waals surface area contributed by atoms with Gasteiger partial charge < -0.3 is 10.2 Å². The molecule has 3 aromatic carbocycles. The Morgan fingerprint density at radius 3 is 2.47 bits per heavy atom. The molecule has 1 atom stereocenters. The molecule has 1 aliphatic carbocycles. The second-order valence-electron chi connectivity index (χ2n) is 9.70. The molecule has 0 aromatic heterocycles. The highest BCUT2D eigenvalue weighted by molar-refractivity contribution is 6.03. The van der Waals surface area contributed by atoms with E-state index in [2.05, 4.69) is 11.4 Å². The van der Waals surface area contributed by atoms with E-state index in [9.17, 15) is 14.0 Å². The fourth-order valence-electron chi connectivity index (χ4n) is 5.45. The number of fused-ring (bicyclic) bond motifs is 1. The van der Waals surface area contributed by atoms with Gasteiger partial charge in [0.15, 0.2) is 0 Å². The maximum absolute atomic E-state index is 14.4. The summed E-state index contributed by atoms with van der Waals surface area (Å²) in [5, 5.41) is 3.21. The number of carbonyl (C=O) groups excluding carboxylic acids is 2. The van der Waals surface area contributed by atoms with Gasteiger partial charge in [-0.15, -0.1) is 0 Å². The summed E-state index contributed by atoms with van der Waals surface area (Å²) in [4.78, 5) is 31.4. The first-order valence-corrected chi connectivity index (χ1v) is 12.9. The highest BCUT2D eigenvalue weighted by Crippen LogP contribution is 2.32. The van der Waals surface area contributed by atoms with Crippen molar-refractivity contribution in [3.63, 3.8) is 0 Å². The molecule has 3 aromatic rings. The Balaban J connectivity index is 1.50. The van der Waals surface area contributed by atoms with Gasteiger partial charge in [0.25, 0.3) is 0 Å². The summed E-state index contributed by atoms with van der Waals surface area (Å²) in [5.41, 5.74) is 3.32. The second kappa shape index (κ2) is 10.9. The Kier molecular flexibility index (Phi) is 7.31. The normalized spacial score (nSPS) is 16.3. The lowest BCUT2D eigenvalue weighted by molar-refractivity contribution is -0.126. The van der Waals surface area contributed by atoms with Crippen molar-refractivity contribution in [2.24, 2.45) is 0 Å². The van der Waals surface area contributed by atoms with E-state index in [0.29, 0.717) is 11.3 Å². The third kappa shape index (κ3) is 5.27. The van der Waals surface area contributed by atoms with Gasteiger partial charge in [0.05, 0.1) is 6.54 Å². The second-order valence-corrected chi connectivity index (χ2v) is 9.70. The number of halogens is 1. The van der Waals surface area contributed by atoms with Gasteiger partial charge in [-0.05, 0) is 54.7 Å². The van der Waals surface area contributed by atoms with Crippen molar-refractivity contribution < 1.29 is 14.0 Å². The molecule has 1 fully saturated rings. The zero-order chi connectivity index (χ0) is 24.9. The summed E-state index contributed by atoms with van der Waals surface area (Å²) in [6.07, 6.45) is 6.09. The van der Waals surface area contributed by atoms with Crippen molar-refractivity contribution in [3.8, 4) is 0 Å². The first-order chi connectivity index (χ1) is 17.6. The maximum atomic E-state index is 14.4. The molecule has 186 valence electrons. The molecule has 0 spiro atoms. The monoisotopic (exact) mass is 485 g/mol. The molecule has 5 rings (SSSR count). The number of hydrogen-bond donors (Lipinski definition) is 1. The number of rotatable bonds is 7. The van der Waals surface area contributed by atoms with Crippen LogP contribution in [0.25, 0.3) is 0 Å². The number of benzene rings is 3. The van der Waals surface area contributed by atoms with E-state index in [1.165, 1.54) is 29.0 Å². The van der Waals surface area contributed by atoms with Gasteiger partial charge in [-0.25, -0.2) is 4.39 Å². The van der Waals surface area contributed by atoms with Gasteiger partial charge in [-0.3, -0.25) is 14.5 Å². The molecule has 0 saturated heterocycles. The standard InChI is InChI=1S/C30H32FN3O2/c31-24-13-9-16-26(20-24)34(28(35)21-33-19-18-22-10-7-8-17-27(22)33)29(23-11-3-1-4-12-23)30(36)32-25-14-5-2-6-15-25/h1,3-4,7-13,16-17,20,25,29H,2,5-6,14-15,18-19,21H2,(H,32,36). The minimum Gasteiger partial charge on any atom is -0.362 e. The van der Waals surface area contributed by atoms with E-state index in [1.807, 2.05) is 53.4 Å². The van der Waals surface area contributed by atoms with E-state index in [0.717, 1.165) is 44.3 Å². The van der Waals surface area contributed by atoms with Gasteiger partial charge in [0, 0.05) is 24.0 Å². The van der Waals surface area contributed by atoms with Gasteiger partial charge >= 0.3 is 0 Å². The summed E-state index contributed by atoms with van der Waals surface area (Å²) in [6, 6.07) is 22.5. The molecule has 1 saturated carbocycles. The molecule has 36 heavy (non-hydrogen) atoms. The molecule has 1 aliphatic heterocycles. The van der Waals surface area contributed by atoms with Crippen LogP contribution in [0, 0.1) is 5.82 Å². The first-order valence-electron chi connectivity index (χ1n) is 12.9. The van der Waals surface area contributed by atoms with E-state index >= 15 is 0 Å². The summed E-state index contributed by atoms with van der Waals surface area (Å²) in [6.45, 7) is 0.833. The van der Waals surface area contributed by atoms with Gasteiger partial charge in [-0.2, -0.15) is 0 Å². The number of para-hydroxylation sites is 1.